The van der Waals surface area contributed by atoms with Gasteiger partial charge in [0.2, 0.25) is 0 Å². The highest BCUT2D eigenvalue weighted by Gasteiger charge is 2.45. The van der Waals surface area contributed by atoms with Crippen molar-refractivity contribution >= 4 is 17.4 Å². The molecule has 0 aliphatic carbocycles. The first kappa shape index (κ1) is 21.6. The van der Waals surface area contributed by atoms with Gasteiger partial charge < -0.3 is 19.6 Å². The van der Waals surface area contributed by atoms with Crippen LogP contribution in [0.25, 0.3) is 5.76 Å². The topological polar surface area (TPSA) is 71.3 Å². The van der Waals surface area contributed by atoms with E-state index in [-0.39, 0.29) is 11.3 Å². The van der Waals surface area contributed by atoms with Gasteiger partial charge in [0.05, 0.1) is 38.9 Å². The first-order valence-corrected chi connectivity index (χ1v) is 10.3. The number of carbonyl (C=O) groups excluding carboxylic acids is 2. The van der Waals surface area contributed by atoms with Crippen molar-refractivity contribution in [3.63, 3.8) is 0 Å². The van der Waals surface area contributed by atoms with Crippen molar-refractivity contribution < 1.29 is 24.3 Å². The Morgan fingerprint density at radius 3 is 2.33 bits per heavy atom. The van der Waals surface area contributed by atoms with Crippen LogP contribution in [-0.4, -0.2) is 55.5 Å². The molecule has 1 aliphatic rings. The van der Waals surface area contributed by atoms with E-state index in [9.17, 15) is 14.7 Å². The van der Waals surface area contributed by atoms with E-state index in [1.54, 1.807) is 29.2 Å². The van der Waals surface area contributed by atoms with E-state index in [2.05, 4.69) is 0 Å². The molecule has 1 atom stereocenters. The van der Waals surface area contributed by atoms with Crippen LogP contribution in [0.5, 0.6) is 5.75 Å². The van der Waals surface area contributed by atoms with Crippen LogP contribution < -0.4 is 9.64 Å². The van der Waals surface area contributed by atoms with Gasteiger partial charge in [-0.15, -0.1) is 0 Å². The number of hydrogen-bond acceptors (Lipinski definition) is 4. The van der Waals surface area contributed by atoms with Crippen LogP contribution in [0.15, 0.2) is 60.2 Å². The van der Waals surface area contributed by atoms with Crippen LogP contribution in [0.2, 0.25) is 0 Å². The van der Waals surface area contributed by atoms with E-state index in [0.717, 1.165) is 24.3 Å². The molecular weight excluding hydrogens is 380 g/mol. The Labute approximate surface area is 177 Å². The molecule has 0 saturated carbocycles. The second kappa shape index (κ2) is 9.59. The molecule has 6 heteroatoms. The summed E-state index contributed by atoms with van der Waals surface area (Å²) in [5, 5.41) is 11.0. The molecule has 0 unspecified atom stereocenters. The predicted octanol–water partition coefficient (Wildman–Crippen LogP) is 2.04. The molecule has 0 spiro atoms. The molecule has 0 aromatic heterocycles. The summed E-state index contributed by atoms with van der Waals surface area (Å²) in [6.07, 6.45) is 0.758. The van der Waals surface area contributed by atoms with Crippen LogP contribution in [0.1, 0.15) is 30.5 Å². The van der Waals surface area contributed by atoms with Crippen molar-refractivity contribution in [3.05, 3.63) is 71.3 Å². The minimum Gasteiger partial charge on any atom is -0.507 e. The lowest BCUT2D eigenvalue weighted by atomic mass is 9.95. The third kappa shape index (κ3) is 4.54. The Balaban J connectivity index is 2.05. The van der Waals surface area contributed by atoms with Crippen molar-refractivity contribution in [2.45, 2.75) is 19.4 Å². The van der Waals surface area contributed by atoms with Gasteiger partial charge in [0.15, 0.2) is 0 Å². The van der Waals surface area contributed by atoms with Gasteiger partial charge in [0.1, 0.15) is 11.5 Å². The van der Waals surface area contributed by atoms with Crippen molar-refractivity contribution in [1.82, 2.24) is 4.90 Å². The smallest absolute Gasteiger partial charge is 0.295 e. The van der Waals surface area contributed by atoms with E-state index in [0.29, 0.717) is 18.7 Å². The number of carbonyl (C=O) groups is 2. The maximum absolute atomic E-state index is 12.9. The fourth-order valence-electron chi connectivity index (χ4n) is 3.72. The van der Waals surface area contributed by atoms with Gasteiger partial charge in [-0.3, -0.25) is 9.59 Å². The average molecular weight is 410 g/mol. The normalized spacial score (nSPS) is 18.3. The number of Topliss-reactive ketones (excluding diaryl/α,β-unsaturated/α-hetero) is 1. The molecule has 1 fully saturated rings. The van der Waals surface area contributed by atoms with Crippen molar-refractivity contribution in [2.24, 2.45) is 0 Å². The molecule has 1 aliphatic heterocycles. The van der Waals surface area contributed by atoms with Crippen LogP contribution in [-0.2, 0) is 9.59 Å². The second-order valence-corrected chi connectivity index (χ2v) is 7.67. The van der Waals surface area contributed by atoms with Gasteiger partial charge in [-0.05, 0) is 24.6 Å². The molecule has 3 rings (SSSR count). The van der Waals surface area contributed by atoms with Crippen LogP contribution in [0, 0.1) is 0 Å². The number of ketones is 1. The number of amides is 1. The minimum absolute atomic E-state index is 0.132. The Kier molecular flexibility index (Phi) is 6.90. The second-order valence-electron chi connectivity index (χ2n) is 7.67. The summed E-state index contributed by atoms with van der Waals surface area (Å²) in [5.41, 5.74) is 1.42. The summed E-state index contributed by atoms with van der Waals surface area (Å²) < 4.78 is 5.52. The van der Waals surface area contributed by atoms with Gasteiger partial charge in [-0.2, -0.15) is 0 Å². The predicted molar refractivity (Wildman–Crippen MR) is 115 cm³/mol. The maximum Gasteiger partial charge on any atom is 0.295 e. The molecule has 0 radical (unpaired) electrons. The Bertz CT molecular complexity index is 920. The summed E-state index contributed by atoms with van der Waals surface area (Å²) in [6.45, 7) is 3.78. The summed E-state index contributed by atoms with van der Waals surface area (Å²) in [6, 6.07) is 15.6. The quantitative estimate of drug-likeness (QED) is 0.398. The molecule has 1 heterocycles. The summed E-state index contributed by atoms with van der Waals surface area (Å²) in [5.74, 6) is -0.640. The highest BCUT2D eigenvalue weighted by Crippen LogP contribution is 2.39. The van der Waals surface area contributed by atoms with Gasteiger partial charge in [-0.25, -0.2) is 0 Å². The molecule has 0 bridgehead atoms. The van der Waals surface area contributed by atoms with Crippen LogP contribution in [0.3, 0.4) is 0 Å². The number of ether oxygens (including phenoxy) is 1. The molecule has 1 saturated heterocycles. The van der Waals surface area contributed by atoms with Crippen molar-refractivity contribution in [2.75, 3.05) is 33.8 Å². The third-order valence-electron chi connectivity index (χ3n) is 5.17. The summed E-state index contributed by atoms with van der Waals surface area (Å²) >= 11 is 0. The van der Waals surface area contributed by atoms with E-state index < -0.39 is 17.7 Å². The summed E-state index contributed by atoms with van der Waals surface area (Å²) in [7, 11) is 4.10. The zero-order valence-electron chi connectivity index (χ0n) is 17.7. The highest BCUT2D eigenvalue weighted by molar-refractivity contribution is 6.46. The monoisotopic (exact) mass is 409 g/mol. The average Bonchev–Trinajstić information content (AvgIpc) is 2.99. The maximum atomic E-state index is 12.9. The van der Waals surface area contributed by atoms with Crippen LogP contribution >= 0.6 is 0 Å². The number of aliphatic hydroxyl groups excluding tert-OH is 1. The minimum atomic E-state index is -0.646. The number of aliphatic hydroxyl groups is 1. The lowest BCUT2D eigenvalue weighted by molar-refractivity contribution is -0.858. The molecule has 2 aromatic rings. The molecule has 2 N–H and O–H groups in total. The summed E-state index contributed by atoms with van der Waals surface area (Å²) in [4.78, 5) is 28.7. The number of benzene rings is 2. The van der Waals surface area contributed by atoms with E-state index >= 15 is 0 Å². The Morgan fingerprint density at radius 1 is 1.07 bits per heavy atom. The van der Waals surface area contributed by atoms with E-state index in [1.165, 1.54) is 4.90 Å². The Morgan fingerprint density at radius 2 is 1.73 bits per heavy atom. The van der Waals surface area contributed by atoms with Crippen LogP contribution in [0.4, 0.5) is 0 Å². The first-order valence-electron chi connectivity index (χ1n) is 10.3. The lowest BCUT2D eigenvalue weighted by Crippen LogP contribution is -3.05. The molecule has 30 heavy (non-hydrogen) atoms. The van der Waals surface area contributed by atoms with Gasteiger partial charge in [0.25, 0.3) is 11.7 Å². The standard InChI is InChI=1S/C24H28N2O4/c1-4-30-19-13-11-17(12-14-19)21-20(22(27)18-9-6-5-7-10-18)23(28)24(29)26(21)16-8-15-25(2)3/h5-7,9-14,21,27H,4,8,15-16H2,1-3H3/p+1/t21-/m0/s1. The SMILES string of the molecule is CCOc1ccc([C@H]2C(=C(O)c3ccccc3)C(=O)C(=O)N2CCC[NH+](C)C)cc1. The van der Waals surface area contributed by atoms with Gasteiger partial charge in [-0.1, -0.05) is 42.5 Å². The Hall–Kier alpha value is -3.12. The molecule has 2 aromatic carbocycles. The fourth-order valence-corrected chi connectivity index (χ4v) is 3.72. The number of hydrogen-bond donors (Lipinski definition) is 2. The largest absolute Gasteiger partial charge is 0.507 e. The number of nitrogens with zero attached hydrogens (tertiary/aromatic N) is 1. The molecule has 1 amide bonds. The third-order valence-corrected chi connectivity index (χ3v) is 5.17. The van der Waals surface area contributed by atoms with Crippen molar-refractivity contribution in [1.29, 1.82) is 0 Å². The molecular formula is C24H29N2O4+. The molecule has 6 nitrogen and oxygen atoms in total. The zero-order chi connectivity index (χ0) is 21.7. The number of nitrogens with one attached hydrogen (secondary N) is 1. The number of quaternary nitrogens is 1. The van der Waals surface area contributed by atoms with E-state index in [4.69, 9.17) is 4.74 Å². The first-order chi connectivity index (χ1) is 14.4. The van der Waals surface area contributed by atoms with Gasteiger partial charge >= 0.3 is 0 Å². The number of likely N-dealkylation sites (tertiary alicyclic amines) is 1. The number of rotatable bonds is 8. The molecule has 158 valence electrons. The highest BCUT2D eigenvalue weighted by atomic mass is 16.5. The van der Waals surface area contributed by atoms with Gasteiger partial charge in [0, 0.05) is 18.5 Å². The van der Waals surface area contributed by atoms with Crippen molar-refractivity contribution in [3.8, 4) is 5.75 Å². The fraction of sp³-hybridized carbons (Fsp3) is 0.333. The van der Waals surface area contributed by atoms with E-state index in [1.807, 2.05) is 51.4 Å². The zero-order valence-corrected chi connectivity index (χ0v) is 17.7. The lowest BCUT2D eigenvalue weighted by Gasteiger charge is -2.25.